The van der Waals surface area contributed by atoms with Crippen LogP contribution in [0.3, 0.4) is 0 Å². The molecule has 2 aromatic rings. The van der Waals surface area contributed by atoms with Gasteiger partial charge in [0.15, 0.2) is 11.5 Å². The number of carbonyl (C=O) groups excluding carboxylic acids is 3. The van der Waals surface area contributed by atoms with Crippen molar-refractivity contribution in [3.05, 3.63) is 53.6 Å². The summed E-state index contributed by atoms with van der Waals surface area (Å²) in [5.74, 6) is 0.744. The molecule has 1 aliphatic rings. The molecule has 0 aliphatic carbocycles. The molecule has 15 nitrogen and oxygen atoms in total. The molecule has 1 aliphatic heterocycles. The van der Waals surface area contributed by atoms with Gasteiger partial charge in [0, 0.05) is 45.0 Å². The molecule has 2 aromatic carbocycles. The molecule has 1 fully saturated rings. The van der Waals surface area contributed by atoms with E-state index in [4.69, 9.17) is 37.9 Å². The van der Waals surface area contributed by atoms with Crippen molar-refractivity contribution in [1.29, 1.82) is 0 Å². The number of amides is 3. The van der Waals surface area contributed by atoms with Gasteiger partial charge in [-0.25, -0.2) is 4.79 Å². The van der Waals surface area contributed by atoms with E-state index in [0.717, 1.165) is 11.3 Å². The fraction of sp³-hybridized carbons (Fsp3) is 0.615. The number of hydrogen-bond acceptors (Lipinski definition) is 12. The second-order valence-corrected chi connectivity index (χ2v) is 13.5. The zero-order chi connectivity index (χ0) is 39.2. The number of methoxy groups -OCH3 is 2. The maximum absolute atomic E-state index is 13.5. The lowest BCUT2D eigenvalue weighted by molar-refractivity contribution is -0.131. The fourth-order valence-electron chi connectivity index (χ4n) is 5.47. The molecule has 0 unspecified atom stereocenters. The first kappa shape index (κ1) is 44.2. The first-order valence-corrected chi connectivity index (χ1v) is 18.5. The average Bonchev–Trinajstić information content (AvgIpc) is 3.15. The third kappa shape index (κ3) is 16.5. The maximum atomic E-state index is 13.5. The summed E-state index contributed by atoms with van der Waals surface area (Å²) in [5, 5.41) is 2.63. The van der Waals surface area contributed by atoms with Crippen LogP contribution >= 0.6 is 0 Å². The van der Waals surface area contributed by atoms with Crippen LogP contribution < -0.4 is 19.7 Å². The summed E-state index contributed by atoms with van der Waals surface area (Å²) < 4.78 is 43.9. The highest BCUT2D eigenvalue weighted by molar-refractivity contribution is 5.98. The Balaban J connectivity index is 1.26. The Morgan fingerprint density at radius 2 is 1.28 bits per heavy atom. The molecule has 0 radical (unpaired) electrons. The third-order valence-corrected chi connectivity index (χ3v) is 8.15. The van der Waals surface area contributed by atoms with E-state index >= 15 is 0 Å². The third-order valence-electron chi connectivity index (χ3n) is 8.15. The van der Waals surface area contributed by atoms with Crippen LogP contribution in [-0.2, 0) is 33.2 Å². The van der Waals surface area contributed by atoms with Crippen molar-refractivity contribution in [2.24, 2.45) is 0 Å². The Kier molecular flexibility index (Phi) is 19.9. The molecule has 0 aromatic heterocycles. The van der Waals surface area contributed by atoms with Crippen molar-refractivity contribution in [2.75, 3.05) is 131 Å². The quantitative estimate of drug-likeness (QED) is 0.157. The summed E-state index contributed by atoms with van der Waals surface area (Å²) in [6, 6.07) is 13.3. The SMILES string of the molecule is COc1cccc(C(=O)N2CCN(C(=O)CN(CCOCCOCCOCCOCCOCCNC(=O)OC(C)(C)C)c3cccc(C)c3)CC2)c1OC. The number of rotatable bonds is 24. The minimum atomic E-state index is -0.527. The molecule has 3 rings (SSSR count). The molecule has 3 amide bonds. The van der Waals surface area contributed by atoms with Gasteiger partial charge in [0.25, 0.3) is 5.91 Å². The van der Waals surface area contributed by atoms with E-state index < -0.39 is 11.7 Å². The molecule has 0 saturated carbocycles. The molecule has 0 spiro atoms. The van der Waals surface area contributed by atoms with Crippen LogP contribution in [0.5, 0.6) is 11.5 Å². The van der Waals surface area contributed by atoms with Crippen LogP contribution in [0.2, 0.25) is 0 Å². The van der Waals surface area contributed by atoms with Gasteiger partial charge in [-0.1, -0.05) is 18.2 Å². The van der Waals surface area contributed by atoms with Crippen LogP contribution in [0.4, 0.5) is 10.5 Å². The predicted octanol–water partition coefficient (Wildman–Crippen LogP) is 3.41. The number of alkyl carbamates (subject to hydrolysis) is 1. The van der Waals surface area contributed by atoms with E-state index in [9.17, 15) is 14.4 Å². The number of benzene rings is 2. The number of anilines is 1. The van der Waals surface area contributed by atoms with Crippen LogP contribution in [0.1, 0.15) is 36.7 Å². The summed E-state index contributed by atoms with van der Waals surface area (Å²) >= 11 is 0. The standard InChI is InChI=1S/C39H60N4O11/c1-31-9-7-10-32(29-31)43(30-35(44)41-14-16-42(17-15-41)37(45)33-11-8-12-34(47-5)36(33)48-6)18-20-50-22-24-52-26-28-53-27-25-51-23-21-49-19-13-40-38(46)54-39(2,3)4/h7-12,29H,13-28,30H2,1-6H3,(H,40,46). The highest BCUT2D eigenvalue weighted by atomic mass is 16.6. The van der Waals surface area contributed by atoms with Crippen molar-refractivity contribution in [1.82, 2.24) is 15.1 Å². The molecule has 0 atom stereocenters. The second-order valence-electron chi connectivity index (χ2n) is 13.5. The lowest BCUT2D eigenvalue weighted by Gasteiger charge is -2.36. The van der Waals surface area contributed by atoms with E-state index in [2.05, 4.69) is 11.4 Å². The minimum absolute atomic E-state index is 0.00526. The van der Waals surface area contributed by atoms with Crippen molar-refractivity contribution in [2.45, 2.75) is 33.3 Å². The van der Waals surface area contributed by atoms with Gasteiger partial charge in [-0.15, -0.1) is 0 Å². The zero-order valence-electron chi connectivity index (χ0n) is 32.9. The van der Waals surface area contributed by atoms with E-state index in [1.54, 1.807) is 23.1 Å². The van der Waals surface area contributed by atoms with E-state index in [0.29, 0.717) is 122 Å². The summed E-state index contributed by atoms with van der Waals surface area (Å²) in [5.41, 5.74) is 1.96. The molecule has 54 heavy (non-hydrogen) atoms. The van der Waals surface area contributed by atoms with Gasteiger partial charge in [0.1, 0.15) is 5.60 Å². The van der Waals surface area contributed by atoms with Gasteiger partial charge in [-0.2, -0.15) is 0 Å². The van der Waals surface area contributed by atoms with Gasteiger partial charge in [0.2, 0.25) is 5.91 Å². The van der Waals surface area contributed by atoms with Crippen LogP contribution in [-0.4, -0.2) is 159 Å². The van der Waals surface area contributed by atoms with Crippen molar-refractivity contribution in [3.63, 3.8) is 0 Å². The number of para-hydroxylation sites is 1. The van der Waals surface area contributed by atoms with Crippen LogP contribution in [0, 0.1) is 6.92 Å². The van der Waals surface area contributed by atoms with Gasteiger partial charge in [0.05, 0.1) is 92.4 Å². The first-order valence-electron chi connectivity index (χ1n) is 18.5. The average molecular weight is 761 g/mol. The smallest absolute Gasteiger partial charge is 0.407 e. The summed E-state index contributed by atoms with van der Waals surface area (Å²) in [6.07, 6.45) is -0.463. The second kappa shape index (κ2) is 24.3. The highest BCUT2D eigenvalue weighted by Gasteiger charge is 2.28. The Bertz CT molecular complexity index is 1410. The molecule has 15 heteroatoms. The highest BCUT2D eigenvalue weighted by Crippen LogP contribution is 2.31. The van der Waals surface area contributed by atoms with Gasteiger partial charge in [-0.3, -0.25) is 9.59 Å². The maximum Gasteiger partial charge on any atom is 0.407 e. The van der Waals surface area contributed by atoms with E-state index in [-0.39, 0.29) is 18.4 Å². The Morgan fingerprint density at radius 3 is 1.83 bits per heavy atom. The summed E-state index contributed by atoms with van der Waals surface area (Å²) in [7, 11) is 3.05. The van der Waals surface area contributed by atoms with Crippen molar-refractivity contribution < 1.29 is 52.3 Å². The van der Waals surface area contributed by atoms with Gasteiger partial charge in [-0.05, 0) is 57.5 Å². The predicted molar refractivity (Wildman–Crippen MR) is 204 cm³/mol. The lowest BCUT2D eigenvalue weighted by Crippen LogP contribution is -2.53. The van der Waals surface area contributed by atoms with E-state index in [1.807, 2.05) is 55.7 Å². The number of nitrogens with zero attached hydrogens (tertiary/aromatic N) is 3. The molecule has 1 saturated heterocycles. The molecular weight excluding hydrogens is 700 g/mol. The summed E-state index contributed by atoms with van der Waals surface area (Å²) in [4.78, 5) is 43.9. The number of aryl methyl sites for hydroxylation is 1. The zero-order valence-corrected chi connectivity index (χ0v) is 32.9. The van der Waals surface area contributed by atoms with Crippen molar-refractivity contribution >= 4 is 23.6 Å². The topological polar surface area (TPSA) is 147 Å². The Labute approximate surface area is 320 Å². The number of ether oxygens (including phenoxy) is 8. The fourth-order valence-corrected chi connectivity index (χ4v) is 5.47. The molecule has 1 heterocycles. The largest absolute Gasteiger partial charge is 0.493 e. The minimum Gasteiger partial charge on any atom is -0.493 e. The first-order chi connectivity index (χ1) is 26.0. The lowest BCUT2D eigenvalue weighted by atomic mass is 10.1. The summed E-state index contributed by atoms with van der Waals surface area (Å²) in [6.45, 7) is 14.5. The van der Waals surface area contributed by atoms with Crippen LogP contribution in [0.15, 0.2) is 42.5 Å². The monoisotopic (exact) mass is 760 g/mol. The normalized spacial score (nSPS) is 13.1. The van der Waals surface area contributed by atoms with Crippen molar-refractivity contribution in [3.8, 4) is 11.5 Å². The number of hydrogen-bond donors (Lipinski definition) is 1. The molecule has 1 N–H and O–H groups in total. The Morgan fingerprint density at radius 1 is 0.722 bits per heavy atom. The van der Waals surface area contributed by atoms with Crippen LogP contribution in [0.25, 0.3) is 0 Å². The Hall–Kier alpha value is -4.15. The van der Waals surface area contributed by atoms with Gasteiger partial charge >= 0.3 is 6.09 Å². The van der Waals surface area contributed by atoms with Gasteiger partial charge < -0.3 is 57.9 Å². The molecular formula is C39H60N4O11. The number of carbonyl (C=O) groups is 3. The molecule has 302 valence electrons. The van der Waals surface area contributed by atoms with E-state index in [1.165, 1.54) is 14.2 Å². The number of nitrogens with one attached hydrogen (secondary N) is 1. The molecule has 0 bridgehead atoms. The number of piperazine rings is 1.